The number of imidazole rings is 1. The zero-order valence-electron chi connectivity index (χ0n) is 11.8. The number of Topliss-reactive ketones (excluding diaryl/α,β-unsaturated/α-hetero) is 1. The molecule has 0 aliphatic heterocycles. The Kier molecular flexibility index (Phi) is 4.76. The van der Waals surface area contributed by atoms with Crippen molar-refractivity contribution >= 4 is 27.5 Å². The number of nitrogens with zero attached hydrogens (tertiary/aromatic N) is 3. The van der Waals surface area contributed by atoms with Crippen molar-refractivity contribution in [3.63, 3.8) is 0 Å². The van der Waals surface area contributed by atoms with E-state index in [0.717, 1.165) is 0 Å². The first kappa shape index (κ1) is 16.0. The molecule has 0 unspecified atom stereocenters. The Labute approximate surface area is 133 Å². The van der Waals surface area contributed by atoms with Gasteiger partial charge in [-0.15, -0.1) is 0 Å². The van der Waals surface area contributed by atoms with Gasteiger partial charge in [0.15, 0.2) is 5.78 Å². The molecule has 0 bridgehead atoms. The summed E-state index contributed by atoms with van der Waals surface area (Å²) in [5.41, 5.74) is 0.353. The van der Waals surface area contributed by atoms with Crippen LogP contribution >= 0.6 is 15.9 Å². The van der Waals surface area contributed by atoms with E-state index in [-0.39, 0.29) is 22.9 Å². The van der Waals surface area contributed by atoms with Gasteiger partial charge < -0.3 is 19.6 Å². The summed E-state index contributed by atoms with van der Waals surface area (Å²) in [6.07, 6.45) is 1.19. The number of rotatable bonds is 6. The van der Waals surface area contributed by atoms with Gasteiger partial charge in [-0.2, -0.15) is 0 Å². The molecular weight excluding hydrogens is 358 g/mol. The lowest BCUT2D eigenvalue weighted by molar-refractivity contribution is -0.389. The highest BCUT2D eigenvalue weighted by Crippen LogP contribution is 2.26. The van der Waals surface area contributed by atoms with E-state index in [4.69, 9.17) is 9.47 Å². The van der Waals surface area contributed by atoms with E-state index in [1.54, 1.807) is 18.2 Å². The second-order valence-electron chi connectivity index (χ2n) is 4.24. The zero-order chi connectivity index (χ0) is 16.3. The molecule has 0 atom stereocenters. The quantitative estimate of drug-likeness (QED) is 0.440. The fraction of sp³-hybridized carbons (Fsp3) is 0.231. The summed E-state index contributed by atoms with van der Waals surface area (Å²) < 4.78 is 11.8. The first-order valence-corrected chi connectivity index (χ1v) is 6.88. The molecule has 0 N–H and O–H groups in total. The highest BCUT2D eigenvalue weighted by Gasteiger charge is 2.20. The van der Waals surface area contributed by atoms with Crippen molar-refractivity contribution in [3.8, 4) is 11.5 Å². The van der Waals surface area contributed by atoms with Gasteiger partial charge in [0, 0.05) is 22.0 Å². The van der Waals surface area contributed by atoms with E-state index in [9.17, 15) is 14.9 Å². The molecule has 0 saturated carbocycles. The second-order valence-corrected chi connectivity index (χ2v) is 4.95. The number of carbonyl (C=O) groups is 1. The van der Waals surface area contributed by atoms with Crippen LogP contribution in [0.1, 0.15) is 10.4 Å². The normalized spacial score (nSPS) is 10.3. The van der Waals surface area contributed by atoms with Crippen LogP contribution in [0, 0.1) is 10.1 Å². The second kappa shape index (κ2) is 6.56. The minimum Gasteiger partial charge on any atom is -0.497 e. The summed E-state index contributed by atoms with van der Waals surface area (Å²) in [5, 5.41) is 10.7. The minimum absolute atomic E-state index is 0.107. The molecule has 1 aromatic carbocycles. The lowest BCUT2D eigenvalue weighted by atomic mass is 10.1. The van der Waals surface area contributed by atoms with E-state index in [1.165, 1.54) is 25.0 Å². The van der Waals surface area contributed by atoms with E-state index in [1.807, 2.05) is 0 Å². The van der Waals surface area contributed by atoms with Crippen LogP contribution in [0.5, 0.6) is 11.5 Å². The number of methoxy groups -OCH3 is 2. The number of hydrogen-bond donors (Lipinski definition) is 0. The number of benzene rings is 1. The predicted octanol–water partition coefficient (Wildman–Crippen LogP) is 2.45. The van der Waals surface area contributed by atoms with Crippen molar-refractivity contribution in [2.45, 2.75) is 6.54 Å². The largest absolute Gasteiger partial charge is 0.497 e. The number of carbonyl (C=O) groups excluding carboxylic acids is 1. The van der Waals surface area contributed by atoms with Crippen LogP contribution in [0.2, 0.25) is 0 Å². The molecule has 0 fully saturated rings. The van der Waals surface area contributed by atoms with Crippen molar-refractivity contribution in [2.75, 3.05) is 14.2 Å². The Morgan fingerprint density at radius 2 is 2.14 bits per heavy atom. The topological polar surface area (TPSA) is 96.5 Å². The molecule has 0 saturated heterocycles. The minimum atomic E-state index is -0.625. The standard InChI is InChI=1S/C13H12BrN3O5/c1-21-8-3-4-9(11(5-8)22-2)10(18)6-16-7-12(17(19)20)15-13(16)14/h3-5,7H,6H2,1-2H3. The zero-order valence-corrected chi connectivity index (χ0v) is 13.4. The maximum Gasteiger partial charge on any atom is 0.382 e. The molecule has 22 heavy (non-hydrogen) atoms. The molecule has 1 heterocycles. The third-order valence-electron chi connectivity index (χ3n) is 2.93. The molecule has 0 spiro atoms. The Morgan fingerprint density at radius 1 is 1.41 bits per heavy atom. The van der Waals surface area contributed by atoms with E-state index in [2.05, 4.69) is 20.9 Å². The number of ether oxygens (including phenoxy) is 2. The van der Waals surface area contributed by atoms with Crippen molar-refractivity contribution < 1.29 is 19.2 Å². The molecule has 0 aliphatic carbocycles. The highest BCUT2D eigenvalue weighted by molar-refractivity contribution is 9.10. The maximum atomic E-state index is 12.4. The van der Waals surface area contributed by atoms with Crippen LogP contribution in [-0.2, 0) is 6.54 Å². The van der Waals surface area contributed by atoms with E-state index < -0.39 is 4.92 Å². The molecule has 2 aromatic rings. The monoisotopic (exact) mass is 369 g/mol. The first-order valence-electron chi connectivity index (χ1n) is 6.08. The number of ketones is 1. The van der Waals surface area contributed by atoms with Crippen molar-refractivity contribution in [3.05, 3.63) is 44.8 Å². The Hall–Kier alpha value is -2.42. The van der Waals surface area contributed by atoms with Gasteiger partial charge in [-0.25, -0.2) is 0 Å². The smallest absolute Gasteiger partial charge is 0.382 e. The average molecular weight is 370 g/mol. The van der Waals surface area contributed by atoms with Gasteiger partial charge in [0.2, 0.25) is 0 Å². The summed E-state index contributed by atoms with van der Waals surface area (Å²) in [6.45, 7) is -0.107. The fourth-order valence-corrected chi connectivity index (χ4v) is 2.26. The molecular formula is C13H12BrN3O5. The number of hydrogen-bond acceptors (Lipinski definition) is 6. The summed E-state index contributed by atoms with van der Waals surface area (Å²) in [5.74, 6) is 0.330. The molecule has 9 heteroatoms. The predicted molar refractivity (Wildman–Crippen MR) is 80.5 cm³/mol. The first-order chi connectivity index (χ1) is 10.5. The van der Waals surface area contributed by atoms with Crippen LogP contribution in [0.3, 0.4) is 0 Å². The number of nitro groups is 1. The van der Waals surface area contributed by atoms with Crippen LogP contribution in [0.4, 0.5) is 5.82 Å². The Balaban J connectivity index is 2.27. The summed E-state index contributed by atoms with van der Waals surface area (Å²) in [6, 6.07) is 4.82. The average Bonchev–Trinajstić information content (AvgIpc) is 2.87. The van der Waals surface area contributed by atoms with Crippen LogP contribution in [-0.4, -0.2) is 34.5 Å². The summed E-state index contributed by atoms with van der Waals surface area (Å²) in [7, 11) is 2.96. The van der Waals surface area contributed by atoms with Gasteiger partial charge in [-0.1, -0.05) is 0 Å². The SMILES string of the molecule is COc1ccc(C(=O)Cn2cc([N+](=O)[O-])nc2Br)c(OC)c1. The third-order valence-corrected chi connectivity index (χ3v) is 3.56. The van der Waals surface area contributed by atoms with Gasteiger partial charge in [0.25, 0.3) is 4.73 Å². The lowest BCUT2D eigenvalue weighted by Gasteiger charge is -2.09. The Morgan fingerprint density at radius 3 is 2.68 bits per heavy atom. The Bertz CT molecular complexity index is 728. The molecule has 2 rings (SSSR count). The van der Waals surface area contributed by atoms with Gasteiger partial charge in [0.05, 0.1) is 26.3 Å². The number of aromatic nitrogens is 2. The highest BCUT2D eigenvalue weighted by atomic mass is 79.9. The lowest BCUT2D eigenvalue weighted by Crippen LogP contribution is -2.11. The van der Waals surface area contributed by atoms with Crippen molar-refractivity contribution in [1.29, 1.82) is 0 Å². The number of halogens is 1. The van der Waals surface area contributed by atoms with Gasteiger partial charge in [-0.3, -0.25) is 9.36 Å². The molecule has 0 amide bonds. The summed E-state index contributed by atoms with van der Waals surface area (Å²) >= 11 is 3.09. The van der Waals surface area contributed by atoms with E-state index in [0.29, 0.717) is 17.1 Å². The van der Waals surface area contributed by atoms with Gasteiger partial charge in [-0.05, 0) is 22.0 Å². The van der Waals surface area contributed by atoms with E-state index >= 15 is 0 Å². The maximum absolute atomic E-state index is 12.4. The summed E-state index contributed by atoms with van der Waals surface area (Å²) in [4.78, 5) is 26.1. The third kappa shape index (κ3) is 3.25. The molecule has 1 aromatic heterocycles. The molecule has 0 radical (unpaired) electrons. The fourth-order valence-electron chi connectivity index (χ4n) is 1.85. The van der Waals surface area contributed by atoms with Crippen LogP contribution in [0.15, 0.2) is 29.1 Å². The van der Waals surface area contributed by atoms with Crippen LogP contribution in [0.25, 0.3) is 0 Å². The van der Waals surface area contributed by atoms with Gasteiger partial charge in [0.1, 0.15) is 17.7 Å². The molecule has 116 valence electrons. The van der Waals surface area contributed by atoms with Crippen molar-refractivity contribution in [2.24, 2.45) is 0 Å². The van der Waals surface area contributed by atoms with Gasteiger partial charge >= 0.3 is 5.82 Å². The van der Waals surface area contributed by atoms with Crippen molar-refractivity contribution in [1.82, 2.24) is 9.55 Å². The molecule has 0 aliphatic rings. The molecule has 8 nitrogen and oxygen atoms in total. The van der Waals surface area contributed by atoms with Crippen LogP contribution < -0.4 is 9.47 Å².